The average molecular weight is 393 g/mol. The van der Waals surface area contributed by atoms with Crippen LogP contribution in [0.4, 0.5) is 11.4 Å². The molecule has 1 aromatic rings. The van der Waals surface area contributed by atoms with E-state index in [0.717, 1.165) is 12.8 Å². The van der Waals surface area contributed by atoms with Crippen LogP contribution in [-0.2, 0) is 9.59 Å². The fourth-order valence-electron chi connectivity index (χ4n) is 2.98. The second-order valence-electron chi connectivity index (χ2n) is 6.80. The van der Waals surface area contributed by atoms with E-state index in [1.54, 1.807) is 31.2 Å². The summed E-state index contributed by atoms with van der Waals surface area (Å²) in [4.78, 5) is 24.1. The molecule has 1 N–H and O–H groups in total. The van der Waals surface area contributed by atoms with Gasteiger partial charge in [0.25, 0.3) is 5.91 Å². The first-order chi connectivity index (χ1) is 13.1. The van der Waals surface area contributed by atoms with Crippen molar-refractivity contribution >= 4 is 28.9 Å². The molecular formula is C21H28N3NaO3. The Morgan fingerprint density at radius 1 is 1.11 bits per heavy atom. The first kappa shape index (κ1) is 24.4. The van der Waals surface area contributed by atoms with Gasteiger partial charge in [-0.05, 0) is 37.6 Å². The maximum absolute atomic E-state index is 12.1. The van der Waals surface area contributed by atoms with Crippen LogP contribution in [-0.4, -0.2) is 17.5 Å². The molecule has 1 aliphatic heterocycles. The molecule has 1 aliphatic rings. The Bertz CT molecular complexity index is 714. The number of amides is 2. The number of carbonyl (C=O) groups is 2. The van der Waals surface area contributed by atoms with E-state index in [-0.39, 0.29) is 41.0 Å². The Kier molecular flexibility index (Phi) is 11.1. The van der Waals surface area contributed by atoms with Crippen molar-refractivity contribution in [2.45, 2.75) is 65.2 Å². The zero-order chi connectivity index (χ0) is 19.6. The number of rotatable bonds is 10. The molecule has 0 atom stereocenters. The molecule has 2 amide bonds. The summed E-state index contributed by atoms with van der Waals surface area (Å²) < 4.78 is 0. The van der Waals surface area contributed by atoms with Gasteiger partial charge in [-0.25, -0.2) is 0 Å². The third kappa shape index (κ3) is 7.08. The molecule has 0 spiro atoms. The van der Waals surface area contributed by atoms with Crippen LogP contribution in [0.5, 0.6) is 0 Å². The number of hydrogen-bond donors (Lipinski definition) is 1. The van der Waals surface area contributed by atoms with E-state index in [1.165, 1.54) is 37.1 Å². The standard InChI is InChI=1S/C21H29N3O3.Na/c1-3-4-5-6-7-8-9-10-20(26)22-17-11-13-18(14-12-17)24-21(27)19(15-25)16(2)23-24;/h11-15,25H,3-10H2,1-2H3,(H,22,26);/q;+1/p-1/b19-15-;. The molecule has 0 saturated heterocycles. The van der Waals surface area contributed by atoms with E-state index in [4.69, 9.17) is 0 Å². The molecule has 0 bridgehead atoms. The Hall–Kier alpha value is -1.63. The molecule has 1 heterocycles. The van der Waals surface area contributed by atoms with Crippen molar-refractivity contribution in [1.82, 2.24) is 0 Å². The molecule has 0 unspecified atom stereocenters. The SMILES string of the molecule is CCCCCCCCCC(=O)Nc1ccc(N2N=C(C)/C(=C/[O-])C2=O)cc1.[Na+]. The Balaban J connectivity index is 0.00000392. The van der Waals surface area contributed by atoms with Gasteiger partial charge >= 0.3 is 29.6 Å². The summed E-state index contributed by atoms with van der Waals surface area (Å²) in [7, 11) is 0. The van der Waals surface area contributed by atoms with Crippen molar-refractivity contribution in [3.63, 3.8) is 0 Å². The van der Waals surface area contributed by atoms with Crippen molar-refractivity contribution in [2.24, 2.45) is 5.10 Å². The molecule has 0 saturated carbocycles. The monoisotopic (exact) mass is 393 g/mol. The van der Waals surface area contributed by atoms with Gasteiger partial charge in [-0.2, -0.15) is 10.1 Å². The number of nitrogens with one attached hydrogen (secondary N) is 1. The number of hydrogen-bond acceptors (Lipinski definition) is 4. The minimum Gasteiger partial charge on any atom is -0.877 e. The van der Waals surface area contributed by atoms with Gasteiger partial charge in [0.05, 0.1) is 11.4 Å². The smallest absolute Gasteiger partial charge is 0.877 e. The first-order valence-corrected chi connectivity index (χ1v) is 9.69. The summed E-state index contributed by atoms with van der Waals surface area (Å²) in [5.41, 5.74) is 1.71. The summed E-state index contributed by atoms with van der Waals surface area (Å²) in [6.45, 7) is 3.83. The molecule has 6 nitrogen and oxygen atoms in total. The van der Waals surface area contributed by atoms with Crippen LogP contribution in [0.2, 0.25) is 0 Å². The number of anilines is 2. The number of benzene rings is 1. The molecule has 0 radical (unpaired) electrons. The third-order valence-corrected chi connectivity index (χ3v) is 4.58. The van der Waals surface area contributed by atoms with Gasteiger partial charge in [0.15, 0.2) is 0 Å². The van der Waals surface area contributed by atoms with Gasteiger partial charge < -0.3 is 10.4 Å². The second-order valence-corrected chi connectivity index (χ2v) is 6.80. The Labute approximate surface area is 189 Å². The predicted molar refractivity (Wildman–Crippen MR) is 106 cm³/mol. The molecule has 0 aromatic heterocycles. The fraction of sp³-hybridized carbons (Fsp3) is 0.476. The Morgan fingerprint density at radius 3 is 2.29 bits per heavy atom. The summed E-state index contributed by atoms with van der Waals surface area (Å²) in [5, 5.41) is 19.1. The molecule has 0 aliphatic carbocycles. The maximum atomic E-state index is 12.1. The van der Waals surface area contributed by atoms with Crippen molar-refractivity contribution < 1.29 is 44.3 Å². The van der Waals surface area contributed by atoms with Crippen LogP contribution in [0.25, 0.3) is 0 Å². The molecule has 28 heavy (non-hydrogen) atoms. The second kappa shape index (κ2) is 12.8. The topological polar surface area (TPSA) is 84.8 Å². The maximum Gasteiger partial charge on any atom is 1.00 e. The van der Waals surface area contributed by atoms with Gasteiger partial charge in [0, 0.05) is 17.7 Å². The number of nitrogens with zero attached hydrogens (tertiary/aromatic N) is 2. The quantitative estimate of drug-likeness (QED) is 0.275. The molecule has 1 aromatic carbocycles. The largest absolute Gasteiger partial charge is 1.00 e. The van der Waals surface area contributed by atoms with E-state index < -0.39 is 5.91 Å². The van der Waals surface area contributed by atoms with E-state index in [2.05, 4.69) is 17.3 Å². The summed E-state index contributed by atoms with van der Waals surface area (Å²) in [6.07, 6.45) is 9.28. The van der Waals surface area contributed by atoms with Crippen molar-refractivity contribution in [1.29, 1.82) is 0 Å². The van der Waals surface area contributed by atoms with Crippen LogP contribution < -0.4 is 45.0 Å². The third-order valence-electron chi connectivity index (χ3n) is 4.58. The van der Waals surface area contributed by atoms with Crippen LogP contribution in [0.3, 0.4) is 0 Å². The summed E-state index contributed by atoms with van der Waals surface area (Å²) in [5.74, 6) is -0.433. The van der Waals surface area contributed by atoms with Crippen LogP contribution in [0, 0.1) is 0 Å². The summed E-state index contributed by atoms with van der Waals surface area (Å²) >= 11 is 0. The van der Waals surface area contributed by atoms with Crippen LogP contribution >= 0.6 is 0 Å². The minimum absolute atomic E-state index is 0. The van der Waals surface area contributed by atoms with Gasteiger partial charge in [-0.3, -0.25) is 9.59 Å². The van der Waals surface area contributed by atoms with Gasteiger partial charge in [0.1, 0.15) is 0 Å². The van der Waals surface area contributed by atoms with E-state index in [0.29, 0.717) is 29.8 Å². The van der Waals surface area contributed by atoms with E-state index >= 15 is 0 Å². The first-order valence-electron chi connectivity index (χ1n) is 9.69. The molecule has 0 fully saturated rings. The van der Waals surface area contributed by atoms with Crippen molar-refractivity contribution in [3.8, 4) is 0 Å². The Morgan fingerprint density at radius 2 is 1.71 bits per heavy atom. The van der Waals surface area contributed by atoms with Crippen molar-refractivity contribution in [3.05, 3.63) is 36.1 Å². The number of carbonyl (C=O) groups excluding carboxylic acids is 2. The van der Waals surface area contributed by atoms with E-state index in [1.807, 2.05) is 0 Å². The van der Waals surface area contributed by atoms with E-state index in [9.17, 15) is 14.7 Å². The van der Waals surface area contributed by atoms with Gasteiger partial charge in [-0.1, -0.05) is 45.4 Å². The average Bonchev–Trinajstić information content (AvgIpc) is 2.95. The fourth-order valence-corrected chi connectivity index (χ4v) is 2.98. The summed E-state index contributed by atoms with van der Waals surface area (Å²) in [6, 6.07) is 6.86. The minimum atomic E-state index is -0.432. The molecular weight excluding hydrogens is 365 g/mol. The number of hydrazone groups is 1. The predicted octanol–water partition coefficient (Wildman–Crippen LogP) is 0.737. The van der Waals surface area contributed by atoms with Crippen LogP contribution in [0.1, 0.15) is 65.2 Å². The molecule has 7 heteroatoms. The van der Waals surface area contributed by atoms with Crippen LogP contribution in [0.15, 0.2) is 41.2 Å². The normalized spacial score (nSPS) is 14.8. The van der Waals surface area contributed by atoms with Crippen molar-refractivity contribution in [2.75, 3.05) is 10.3 Å². The zero-order valence-electron chi connectivity index (χ0n) is 17.2. The van der Waals surface area contributed by atoms with Gasteiger partial charge in [-0.15, -0.1) is 6.26 Å². The molecule has 146 valence electrons. The molecule has 2 rings (SSSR count). The number of unbranched alkanes of at least 4 members (excludes halogenated alkanes) is 6. The van der Waals surface area contributed by atoms with Gasteiger partial charge in [0.2, 0.25) is 5.91 Å². The zero-order valence-corrected chi connectivity index (χ0v) is 19.2.